The average Bonchev–Trinajstić information content (AvgIpc) is 2.33. The maximum absolute atomic E-state index is 11.9. The normalized spacial score (nSPS) is 10.2. The van der Waals surface area contributed by atoms with E-state index in [1.54, 1.807) is 0 Å². The molecule has 0 aliphatic heterocycles. The highest BCUT2D eigenvalue weighted by atomic mass is 16.2. The van der Waals surface area contributed by atoms with E-state index >= 15 is 0 Å². The number of H-pyrrole nitrogens is 2. The van der Waals surface area contributed by atoms with Crippen LogP contribution in [0.1, 0.15) is 21.6 Å². The van der Waals surface area contributed by atoms with Crippen LogP contribution in [0, 0.1) is 13.8 Å². The Kier molecular flexibility index (Phi) is 3.28. The highest BCUT2D eigenvalue weighted by molar-refractivity contribution is 6.03. The molecule has 7 heteroatoms. The first kappa shape index (κ1) is 12.7. The zero-order valence-corrected chi connectivity index (χ0v) is 10.4. The van der Waals surface area contributed by atoms with Gasteiger partial charge in [-0.15, -0.1) is 0 Å². The second-order valence-corrected chi connectivity index (χ2v) is 4.08. The van der Waals surface area contributed by atoms with Crippen LogP contribution in [0.15, 0.2) is 27.8 Å². The number of hydrogen-bond donors (Lipinski definition) is 3. The van der Waals surface area contributed by atoms with Gasteiger partial charge in [-0.05, 0) is 25.0 Å². The minimum atomic E-state index is -0.826. The second-order valence-electron chi connectivity index (χ2n) is 4.08. The first-order valence-electron chi connectivity index (χ1n) is 5.55. The summed E-state index contributed by atoms with van der Waals surface area (Å²) in [5.41, 5.74) is 0.395. The third kappa shape index (κ3) is 2.59. The van der Waals surface area contributed by atoms with Crippen LogP contribution in [-0.2, 0) is 0 Å². The summed E-state index contributed by atoms with van der Waals surface area (Å²) >= 11 is 0. The van der Waals surface area contributed by atoms with Gasteiger partial charge in [0.1, 0.15) is 0 Å². The van der Waals surface area contributed by atoms with Crippen molar-refractivity contribution in [2.45, 2.75) is 13.8 Å². The highest BCUT2D eigenvalue weighted by Gasteiger charge is 2.15. The van der Waals surface area contributed by atoms with Gasteiger partial charge in [-0.25, -0.2) is 9.89 Å². The maximum atomic E-state index is 11.9. The standard InChI is InChI=1S/C12H12N4O3/c1-6-4-3-5-7(2)8(6)13-10(17)9-11(18)14-12(19)16-15-9/h3-5H,1-2H3,(H,13,17)(H2,14,16,18,19). The van der Waals surface area contributed by atoms with E-state index in [-0.39, 0.29) is 5.69 Å². The third-order valence-corrected chi connectivity index (χ3v) is 2.65. The minimum absolute atomic E-state index is 0.387. The molecule has 1 amide bonds. The highest BCUT2D eigenvalue weighted by Crippen LogP contribution is 2.19. The molecular weight excluding hydrogens is 248 g/mol. The van der Waals surface area contributed by atoms with E-state index in [9.17, 15) is 14.4 Å². The summed E-state index contributed by atoms with van der Waals surface area (Å²) < 4.78 is 0. The van der Waals surface area contributed by atoms with Crippen LogP contribution in [0.4, 0.5) is 5.69 Å². The number of nitrogens with one attached hydrogen (secondary N) is 3. The first-order chi connectivity index (χ1) is 8.99. The van der Waals surface area contributed by atoms with Crippen LogP contribution < -0.4 is 16.6 Å². The SMILES string of the molecule is Cc1cccc(C)c1NC(=O)c1n[nH]c(=O)[nH]c1=O. The van der Waals surface area contributed by atoms with Crippen molar-refractivity contribution in [3.63, 3.8) is 0 Å². The van der Waals surface area contributed by atoms with Gasteiger partial charge in [0.25, 0.3) is 11.5 Å². The Bertz CT molecular complexity index is 725. The molecular formula is C12H12N4O3. The molecule has 0 bridgehead atoms. The van der Waals surface area contributed by atoms with Crippen LogP contribution in [0.25, 0.3) is 0 Å². The quantitative estimate of drug-likeness (QED) is 0.723. The number of para-hydroxylation sites is 1. The van der Waals surface area contributed by atoms with E-state index < -0.39 is 17.2 Å². The van der Waals surface area contributed by atoms with Gasteiger partial charge >= 0.3 is 5.69 Å². The van der Waals surface area contributed by atoms with Gasteiger partial charge in [-0.2, -0.15) is 5.10 Å². The predicted molar refractivity (Wildman–Crippen MR) is 69.3 cm³/mol. The number of aryl methyl sites for hydroxylation is 2. The summed E-state index contributed by atoms with van der Waals surface area (Å²) in [7, 11) is 0. The van der Waals surface area contributed by atoms with Gasteiger partial charge in [-0.1, -0.05) is 18.2 Å². The van der Waals surface area contributed by atoms with Crippen molar-refractivity contribution in [3.05, 3.63) is 55.9 Å². The Labute approximate surface area is 107 Å². The molecule has 19 heavy (non-hydrogen) atoms. The van der Waals surface area contributed by atoms with Crippen LogP contribution in [0.3, 0.4) is 0 Å². The molecule has 0 atom stereocenters. The molecule has 0 radical (unpaired) electrons. The van der Waals surface area contributed by atoms with Crippen LogP contribution >= 0.6 is 0 Å². The van der Waals surface area contributed by atoms with Crippen molar-refractivity contribution in [1.29, 1.82) is 0 Å². The number of carbonyl (C=O) groups is 1. The van der Waals surface area contributed by atoms with Crippen molar-refractivity contribution >= 4 is 11.6 Å². The van der Waals surface area contributed by atoms with Gasteiger partial charge < -0.3 is 5.32 Å². The van der Waals surface area contributed by atoms with Crippen molar-refractivity contribution in [2.75, 3.05) is 5.32 Å². The van der Waals surface area contributed by atoms with Crippen molar-refractivity contribution in [2.24, 2.45) is 0 Å². The average molecular weight is 260 g/mol. The molecule has 0 aliphatic rings. The smallest absolute Gasteiger partial charge is 0.320 e. The third-order valence-electron chi connectivity index (χ3n) is 2.65. The number of aromatic nitrogens is 3. The minimum Gasteiger partial charge on any atom is -0.320 e. The number of rotatable bonds is 2. The summed E-state index contributed by atoms with van der Waals surface area (Å²) in [6.07, 6.45) is 0. The van der Waals surface area contributed by atoms with Crippen molar-refractivity contribution in [3.8, 4) is 0 Å². The number of benzene rings is 1. The monoisotopic (exact) mass is 260 g/mol. The number of carbonyl (C=O) groups excluding carboxylic acids is 1. The summed E-state index contributed by atoms with van der Waals surface area (Å²) in [5, 5.41) is 8.07. The van der Waals surface area contributed by atoms with E-state index in [2.05, 4.69) is 10.4 Å². The summed E-state index contributed by atoms with van der Waals surface area (Å²) in [6.45, 7) is 3.68. The molecule has 2 aromatic rings. The number of amides is 1. The first-order valence-corrected chi connectivity index (χ1v) is 5.55. The van der Waals surface area contributed by atoms with E-state index in [1.807, 2.05) is 42.1 Å². The van der Waals surface area contributed by atoms with Gasteiger partial charge in [0, 0.05) is 5.69 Å². The molecule has 7 nitrogen and oxygen atoms in total. The molecule has 0 aliphatic carbocycles. The molecule has 0 fully saturated rings. The number of nitrogens with zero attached hydrogens (tertiary/aromatic N) is 1. The maximum Gasteiger partial charge on any atom is 0.342 e. The summed E-state index contributed by atoms with van der Waals surface area (Å²) in [5.74, 6) is -0.671. The predicted octanol–water partition coefficient (Wildman–Crippen LogP) is 0.327. The Hall–Kier alpha value is -2.70. The largest absolute Gasteiger partial charge is 0.342 e. The molecule has 1 aromatic heterocycles. The molecule has 0 unspecified atom stereocenters. The molecule has 98 valence electrons. The van der Waals surface area contributed by atoms with Crippen LogP contribution in [0.5, 0.6) is 0 Å². The fourth-order valence-corrected chi connectivity index (χ4v) is 1.69. The van der Waals surface area contributed by atoms with Crippen LogP contribution in [-0.4, -0.2) is 21.1 Å². The second kappa shape index (κ2) is 4.89. The van der Waals surface area contributed by atoms with Crippen molar-refractivity contribution in [1.82, 2.24) is 15.2 Å². The van der Waals surface area contributed by atoms with Crippen LogP contribution in [0.2, 0.25) is 0 Å². The van der Waals surface area contributed by atoms with Gasteiger partial charge in [-0.3, -0.25) is 14.6 Å². The fraction of sp³-hybridized carbons (Fsp3) is 0.167. The zero-order valence-electron chi connectivity index (χ0n) is 10.4. The summed E-state index contributed by atoms with van der Waals surface area (Å²) in [4.78, 5) is 36.1. The topological polar surface area (TPSA) is 108 Å². The molecule has 1 heterocycles. The molecule has 0 spiro atoms. The molecule has 3 N–H and O–H groups in total. The fourth-order valence-electron chi connectivity index (χ4n) is 1.69. The lowest BCUT2D eigenvalue weighted by Crippen LogP contribution is -2.32. The molecule has 2 rings (SSSR count). The lowest BCUT2D eigenvalue weighted by atomic mass is 10.1. The molecule has 0 saturated carbocycles. The zero-order chi connectivity index (χ0) is 14.0. The number of aromatic amines is 2. The van der Waals surface area contributed by atoms with Gasteiger partial charge in [0.05, 0.1) is 0 Å². The molecule has 1 aromatic carbocycles. The van der Waals surface area contributed by atoms with E-state index in [4.69, 9.17) is 0 Å². The molecule has 0 saturated heterocycles. The number of hydrogen-bond acceptors (Lipinski definition) is 4. The van der Waals surface area contributed by atoms with E-state index in [0.29, 0.717) is 5.69 Å². The van der Waals surface area contributed by atoms with Crippen molar-refractivity contribution < 1.29 is 4.79 Å². The Balaban J connectivity index is 2.36. The lowest BCUT2D eigenvalue weighted by Gasteiger charge is -2.10. The Morgan fingerprint density at radius 1 is 1.21 bits per heavy atom. The lowest BCUT2D eigenvalue weighted by molar-refractivity contribution is 0.101. The Morgan fingerprint density at radius 2 is 1.84 bits per heavy atom. The van der Waals surface area contributed by atoms with Gasteiger partial charge in [0.15, 0.2) is 0 Å². The Morgan fingerprint density at radius 3 is 2.42 bits per heavy atom. The van der Waals surface area contributed by atoms with Gasteiger partial charge in [0.2, 0.25) is 5.69 Å². The number of anilines is 1. The summed E-state index contributed by atoms with van der Waals surface area (Å²) in [6, 6.07) is 5.55. The van der Waals surface area contributed by atoms with E-state index in [0.717, 1.165) is 11.1 Å². The van der Waals surface area contributed by atoms with E-state index in [1.165, 1.54) is 0 Å².